The molecule has 0 spiro atoms. The zero-order valence-corrected chi connectivity index (χ0v) is 16.7. The molecule has 0 aromatic carbocycles. The lowest BCUT2D eigenvalue weighted by Gasteiger charge is -2.58. The third-order valence-electron chi connectivity index (χ3n) is 8.77. The predicted octanol–water partition coefficient (Wildman–Crippen LogP) is 5.98. The fourth-order valence-corrected chi connectivity index (χ4v) is 8.25. The first-order chi connectivity index (χ1) is 11.0. The Balaban J connectivity index is 1.63. The number of allylic oxidation sites excluding steroid dienone is 1. The summed E-state index contributed by atoms with van der Waals surface area (Å²) in [5.74, 6) is 3.77. The van der Waals surface area contributed by atoms with Crippen molar-refractivity contribution in [1.29, 1.82) is 0 Å². The number of halogens is 1. The third kappa shape index (κ3) is 2.34. The van der Waals surface area contributed by atoms with Gasteiger partial charge in [-0.15, -0.1) is 0 Å². The summed E-state index contributed by atoms with van der Waals surface area (Å²) in [6.07, 6.45) is 14.1. The molecule has 23 heavy (non-hydrogen) atoms. The number of rotatable bonds is 2. The van der Waals surface area contributed by atoms with E-state index in [9.17, 15) is 0 Å². The van der Waals surface area contributed by atoms with Crippen LogP contribution < -0.4 is 0 Å². The van der Waals surface area contributed by atoms with Gasteiger partial charge in [-0.05, 0) is 85.9 Å². The number of hydrogen-bond donors (Lipinski definition) is 0. The van der Waals surface area contributed by atoms with Crippen molar-refractivity contribution >= 4 is 15.9 Å². The summed E-state index contributed by atoms with van der Waals surface area (Å²) in [7, 11) is 1.89. The normalized spacial score (nSPS) is 52.3. The lowest BCUT2D eigenvalue weighted by Crippen LogP contribution is -2.50. The van der Waals surface area contributed by atoms with Gasteiger partial charge in [-0.1, -0.05) is 41.4 Å². The van der Waals surface area contributed by atoms with E-state index in [-0.39, 0.29) is 0 Å². The van der Waals surface area contributed by atoms with Crippen LogP contribution in [-0.2, 0) is 4.74 Å². The molecule has 0 saturated heterocycles. The standard InChI is InChI=1S/C21H33BrO/c1-20-10-8-16(23-3)12-14(20)4-6-17-18-7-5-15(13-22)21(18,2)11-9-19(17)20/h4,15-19H,5-13H2,1-3H3/t15-,16+,17+,18+,19+,20-,21+/m0/s1. The van der Waals surface area contributed by atoms with Crippen LogP contribution in [0.25, 0.3) is 0 Å². The molecule has 3 saturated carbocycles. The lowest BCUT2D eigenvalue weighted by atomic mass is 9.47. The summed E-state index contributed by atoms with van der Waals surface area (Å²) in [4.78, 5) is 0. The highest BCUT2D eigenvalue weighted by Gasteiger charge is 2.58. The van der Waals surface area contributed by atoms with Crippen LogP contribution in [0.3, 0.4) is 0 Å². The van der Waals surface area contributed by atoms with E-state index in [1.807, 2.05) is 7.11 Å². The van der Waals surface area contributed by atoms with Gasteiger partial charge in [0.05, 0.1) is 6.10 Å². The molecule has 3 fully saturated rings. The molecule has 0 aliphatic heterocycles. The topological polar surface area (TPSA) is 9.23 Å². The van der Waals surface area contributed by atoms with Gasteiger partial charge >= 0.3 is 0 Å². The van der Waals surface area contributed by atoms with Gasteiger partial charge in [0.2, 0.25) is 0 Å². The van der Waals surface area contributed by atoms with E-state index >= 15 is 0 Å². The minimum atomic E-state index is 0.476. The van der Waals surface area contributed by atoms with Gasteiger partial charge in [0.25, 0.3) is 0 Å². The molecule has 4 aliphatic rings. The highest BCUT2D eigenvalue weighted by Crippen LogP contribution is 2.66. The summed E-state index contributed by atoms with van der Waals surface area (Å²) in [5.41, 5.74) is 2.83. The van der Waals surface area contributed by atoms with Crippen molar-refractivity contribution in [1.82, 2.24) is 0 Å². The van der Waals surface area contributed by atoms with Gasteiger partial charge < -0.3 is 4.74 Å². The summed E-state index contributed by atoms with van der Waals surface area (Å²) in [6.45, 7) is 5.22. The quantitative estimate of drug-likeness (QED) is 0.423. The number of alkyl halides is 1. The van der Waals surface area contributed by atoms with Crippen molar-refractivity contribution in [3.05, 3.63) is 11.6 Å². The molecule has 4 rings (SSSR count). The Morgan fingerprint density at radius 3 is 2.70 bits per heavy atom. The molecule has 0 aromatic heterocycles. The van der Waals surface area contributed by atoms with Gasteiger partial charge in [0.15, 0.2) is 0 Å². The van der Waals surface area contributed by atoms with Crippen LogP contribution in [0.15, 0.2) is 11.6 Å². The summed E-state index contributed by atoms with van der Waals surface area (Å²) < 4.78 is 5.69. The monoisotopic (exact) mass is 380 g/mol. The SMILES string of the molecule is CO[C@@H]1CC[C@@]2(C)C(=CC[C@@H]3[C@H]4CC[C@@H](CBr)[C@@]4(C)CC[C@H]32)C1. The average Bonchev–Trinajstić information content (AvgIpc) is 2.90. The van der Waals surface area contributed by atoms with Crippen LogP contribution in [0.4, 0.5) is 0 Å². The Bertz CT molecular complexity index is 500. The molecular formula is C21H33BrO. The minimum absolute atomic E-state index is 0.476. The molecule has 0 radical (unpaired) electrons. The second-order valence-electron chi connectivity index (χ2n) is 9.33. The zero-order valence-electron chi connectivity index (χ0n) is 15.1. The fraction of sp³-hybridized carbons (Fsp3) is 0.905. The molecule has 7 atom stereocenters. The Morgan fingerprint density at radius 2 is 1.96 bits per heavy atom. The maximum atomic E-state index is 5.69. The van der Waals surface area contributed by atoms with E-state index in [0.29, 0.717) is 16.9 Å². The zero-order chi connectivity index (χ0) is 16.2. The first kappa shape index (κ1) is 16.6. The fourth-order valence-electron chi connectivity index (χ4n) is 7.19. The van der Waals surface area contributed by atoms with Gasteiger partial charge in [-0.25, -0.2) is 0 Å². The maximum Gasteiger partial charge on any atom is 0.0608 e. The minimum Gasteiger partial charge on any atom is -0.381 e. The van der Waals surface area contributed by atoms with Crippen LogP contribution in [0.1, 0.15) is 65.2 Å². The average molecular weight is 381 g/mol. The van der Waals surface area contributed by atoms with E-state index in [1.165, 1.54) is 56.7 Å². The smallest absolute Gasteiger partial charge is 0.0608 e. The van der Waals surface area contributed by atoms with Crippen molar-refractivity contribution in [2.45, 2.75) is 71.3 Å². The first-order valence-electron chi connectivity index (χ1n) is 9.81. The van der Waals surface area contributed by atoms with Crippen LogP contribution in [-0.4, -0.2) is 18.5 Å². The van der Waals surface area contributed by atoms with Crippen LogP contribution in [0.5, 0.6) is 0 Å². The summed E-state index contributed by atoms with van der Waals surface area (Å²) >= 11 is 3.82. The number of fused-ring (bicyclic) bond motifs is 5. The van der Waals surface area contributed by atoms with Crippen molar-refractivity contribution in [3.63, 3.8) is 0 Å². The van der Waals surface area contributed by atoms with Crippen molar-refractivity contribution in [2.75, 3.05) is 12.4 Å². The molecule has 0 bridgehead atoms. The second kappa shape index (κ2) is 5.87. The summed E-state index contributed by atoms with van der Waals surface area (Å²) in [5, 5.41) is 1.21. The predicted molar refractivity (Wildman–Crippen MR) is 99.8 cm³/mol. The Kier molecular flexibility index (Phi) is 4.24. The van der Waals surface area contributed by atoms with E-state index in [2.05, 4.69) is 35.9 Å². The number of methoxy groups -OCH3 is 1. The molecule has 0 unspecified atom stereocenters. The molecule has 4 aliphatic carbocycles. The molecule has 0 heterocycles. The van der Waals surface area contributed by atoms with E-state index in [0.717, 1.165) is 23.7 Å². The highest BCUT2D eigenvalue weighted by molar-refractivity contribution is 9.09. The lowest BCUT2D eigenvalue weighted by molar-refractivity contribution is -0.0504. The largest absolute Gasteiger partial charge is 0.381 e. The van der Waals surface area contributed by atoms with Crippen molar-refractivity contribution < 1.29 is 4.74 Å². The molecule has 0 amide bonds. The molecule has 0 N–H and O–H groups in total. The molecular weight excluding hydrogens is 348 g/mol. The molecule has 1 nitrogen and oxygen atoms in total. The first-order valence-corrected chi connectivity index (χ1v) is 10.9. The van der Waals surface area contributed by atoms with Gasteiger partial charge in [-0.2, -0.15) is 0 Å². The van der Waals surface area contributed by atoms with E-state index < -0.39 is 0 Å². The summed E-state index contributed by atoms with van der Waals surface area (Å²) in [6, 6.07) is 0. The Morgan fingerprint density at radius 1 is 1.13 bits per heavy atom. The number of hydrogen-bond acceptors (Lipinski definition) is 1. The Labute approximate surface area is 150 Å². The van der Waals surface area contributed by atoms with Gasteiger partial charge in [-0.3, -0.25) is 0 Å². The highest BCUT2D eigenvalue weighted by atomic mass is 79.9. The van der Waals surface area contributed by atoms with Crippen LogP contribution in [0, 0.1) is 34.5 Å². The Hall–Kier alpha value is 0.180. The van der Waals surface area contributed by atoms with Crippen molar-refractivity contribution in [3.8, 4) is 0 Å². The van der Waals surface area contributed by atoms with Crippen molar-refractivity contribution in [2.24, 2.45) is 34.5 Å². The van der Waals surface area contributed by atoms with Crippen LogP contribution >= 0.6 is 15.9 Å². The number of ether oxygens (including phenoxy) is 1. The van der Waals surface area contributed by atoms with Crippen LogP contribution in [0.2, 0.25) is 0 Å². The van der Waals surface area contributed by atoms with Gasteiger partial charge in [0.1, 0.15) is 0 Å². The third-order valence-corrected chi connectivity index (χ3v) is 9.56. The molecule has 2 heteroatoms. The van der Waals surface area contributed by atoms with Gasteiger partial charge in [0, 0.05) is 12.4 Å². The second-order valence-corrected chi connectivity index (χ2v) is 9.98. The maximum absolute atomic E-state index is 5.69. The van der Waals surface area contributed by atoms with E-state index in [4.69, 9.17) is 4.74 Å². The van der Waals surface area contributed by atoms with E-state index in [1.54, 1.807) is 5.57 Å². The molecule has 130 valence electrons. The molecule has 0 aromatic rings.